The molecule has 0 aliphatic carbocycles. The van der Waals surface area contributed by atoms with Gasteiger partial charge in [0.25, 0.3) is 0 Å². The Morgan fingerprint density at radius 2 is 1.96 bits per heavy atom. The molecule has 1 saturated heterocycles. The first-order valence-corrected chi connectivity index (χ1v) is 10.6. The highest BCUT2D eigenvalue weighted by molar-refractivity contribution is 7.89. The van der Waals surface area contributed by atoms with Crippen molar-refractivity contribution in [3.63, 3.8) is 0 Å². The van der Waals surface area contributed by atoms with E-state index in [0.29, 0.717) is 38.8 Å². The van der Waals surface area contributed by atoms with Gasteiger partial charge < -0.3 is 10.4 Å². The third-order valence-electron chi connectivity index (χ3n) is 4.53. The molecule has 1 heterocycles. The van der Waals surface area contributed by atoms with Crippen LogP contribution in [0.4, 0.5) is 0 Å². The Balaban J connectivity index is 1.87. The fraction of sp³-hybridized carbons (Fsp3) is 0.556. The Morgan fingerprint density at radius 3 is 2.58 bits per heavy atom. The lowest BCUT2D eigenvalue weighted by atomic mass is 10.1. The van der Waals surface area contributed by atoms with E-state index in [0.717, 1.165) is 12.0 Å². The molecule has 0 radical (unpaired) electrons. The van der Waals surface area contributed by atoms with E-state index in [1.54, 1.807) is 12.1 Å². The van der Waals surface area contributed by atoms with Crippen LogP contribution in [0.1, 0.15) is 48.5 Å². The number of benzene rings is 1. The average Bonchev–Trinajstić information content (AvgIpc) is 3.11. The highest BCUT2D eigenvalue weighted by Gasteiger charge is 2.37. The highest BCUT2D eigenvalue weighted by atomic mass is 32.2. The minimum absolute atomic E-state index is 0.0865. The van der Waals surface area contributed by atoms with Crippen molar-refractivity contribution in [2.45, 2.75) is 45.1 Å². The van der Waals surface area contributed by atoms with Crippen LogP contribution in [0.15, 0.2) is 24.3 Å². The van der Waals surface area contributed by atoms with Gasteiger partial charge in [-0.3, -0.25) is 4.79 Å². The second kappa shape index (κ2) is 9.14. The Bertz CT molecular complexity index is 730. The molecule has 0 spiro atoms. The summed E-state index contributed by atoms with van der Waals surface area (Å²) in [5, 5.41) is 11.7. The largest absolute Gasteiger partial charge is 0.478 e. The monoisotopic (exact) mass is 382 g/mol. The topological polar surface area (TPSA) is 104 Å². The predicted octanol–water partition coefficient (Wildman–Crippen LogP) is 1.64. The van der Waals surface area contributed by atoms with E-state index >= 15 is 0 Å². The Morgan fingerprint density at radius 1 is 1.27 bits per heavy atom. The van der Waals surface area contributed by atoms with Crippen molar-refractivity contribution < 1.29 is 23.1 Å². The smallest absolute Gasteiger partial charge is 0.335 e. The molecule has 1 aliphatic rings. The number of carboxylic acid groups (broad SMARTS) is 1. The van der Waals surface area contributed by atoms with E-state index in [2.05, 4.69) is 5.32 Å². The number of carbonyl (C=O) groups is 2. The van der Waals surface area contributed by atoms with E-state index in [9.17, 15) is 18.0 Å². The molecular formula is C18H26N2O5S. The van der Waals surface area contributed by atoms with Gasteiger partial charge in [-0.15, -0.1) is 0 Å². The van der Waals surface area contributed by atoms with Crippen LogP contribution in [-0.2, 0) is 21.2 Å². The average molecular weight is 382 g/mol. The number of aromatic carboxylic acids is 1. The number of nitrogens with one attached hydrogen (secondary N) is 1. The van der Waals surface area contributed by atoms with Crippen molar-refractivity contribution in [1.82, 2.24) is 9.62 Å². The van der Waals surface area contributed by atoms with Gasteiger partial charge in [0.2, 0.25) is 15.9 Å². The van der Waals surface area contributed by atoms with Crippen LogP contribution in [0.3, 0.4) is 0 Å². The van der Waals surface area contributed by atoms with Crippen molar-refractivity contribution in [3.8, 4) is 0 Å². The molecule has 0 aromatic heterocycles. The van der Waals surface area contributed by atoms with Gasteiger partial charge in [-0.1, -0.05) is 25.5 Å². The van der Waals surface area contributed by atoms with E-state index in [-0.39, 0.29) is 17.2 Å². The Labute approximate surface area is 154 Å². The molecule has 1 atom stereocenters. The second-order valence-electron chi connectivity index (χ2n) is 6.48. The van der Waals surface area contributed by atoms with Crippen LogP contribution in [0.2, 0.25) is 0 Å². The van der Waals surface area contributed by atoms with Gasteiger partial charge in [-0.05, 0) is 43.4 Å². The van der Waals surface area contributed by atoms with Crippen LogP contribution in [0, 0.1) is 0 Å². The third kappa shape index (κ3) is 5.28. The summed E-state index contributed by atoms with van der Waals surface area (Å²) in [7, 11) is -3.39. The molecular weight excluding hydrogens is 356 g/mol. The van der Waals surface area contributed by atoms with Gasteiger partial charge in [0.15, 0.2) is 0 Å². The quantitative estimate of drug-likeness (QED) is 0.676. The molecule has 7 nitrogen and oxygen atoms in total. The maximum absolute atomic E-state index is 12.4. The van der Waals surface area contributed by atoms with Crippen molar-refractivity contribution >= 4 is 21.9 Å². The normalized spacial score (nSPS) is 18.0. The Kier molecular flexibility index (Phi) is 7.16. The van der Waals surface area contributed by atoms with Crippen LogP contribution >= 0.6 is 0 Å². The number of hydrogen-bond donors (Lipinski definition) is 2. The molecule has 2 rings (SSSR count). The summed E-state index contributed by atoms with van der Waals surface area (Å²) in [6.45, 7) is 2.72. The molecule has 0 saturated carbocycles. The summed E-state index contributed by atoms with van der Waals surface area (Å²) in [4.78, 5) is 23.2. The minimum atomic E-state index is -3.39. The van der Waals surface area contributed by atoms with Gasteiger partial charge >= 0.3 is 5.97 Å². The molecule has 26 heavy (non-hydrogen) atoms. The number of carbonyl (C=O) groups excluding carboxylic acids is 1. The van der Waals surface area contributed by atoms with E-state index in [1.165, 1.54) is 16.4 Å². The number of unbranched alkanes of at least 4 members (excludes halogenated alkanes) is 1. The zero-order chi connectivity index (χ0) is 19.2. The number of carboxylic acids is 1. The molecule has 1 amide bonds. The third-order valence-corrected chi connectivity index (χ3v) is 6.49. The van der Waals surface area contributed by atoms with E-state index < -0.39 is 22.0 Å². The number of amides is 1. The van der Waals surface area contributed by atoms with Crippen molar-refractivity contribution in [2.75, 3.05) is 18.8 Å². The van der Waals surface area contributed by atoms with Gasteiger partial charge in [-0.25, -0.2) is 13.2 Å². The first-order chi connectivity index (χ1) is 12.3. The molecule has 2 N–H and O–H groups in total. The van der Waals surface area contributed by atoms with Crippen LogP contribution < -0.4 is 5.32 Å². The standard InChI is InChI=1S/C18H26N2O5S/c1-2-3-13-26(24,25)20-12-4-5-16(20)17(21)19-11-10-14-6-8-15(9-7-14)18(22)23/h6-9,16H,2-5,10-13H2,1H3,(H,19,21)(H,22,23). The summed E-state index contributed by atoms with van der Waals surface area (Å²) >= 11 is 0. The first-order valence-electron chi connectivity index (χ1n) is 8.94. The van der Waals surface area contributed by atoms with Crippen molar-refractivity contribution in [1.29, 1.82) is 0 Å². The minimum Gasteiger partial charge on any atom is -0.478 e. The van der Waals surface area contributed by atoms with E-state index in [1.807, 2.05) is 6.92 Å². The van der Waals surface area contributed by atoms with Crippen molar-refractivity contribution in [2.24, 2.45) is 0 Å². The molecule has 1 aliphatic heterocycles. The molecule has 1 aromatic rings. The second-order valence-corrected chi connectivity index (χ2v) is 8.52. The summed E-state index contributed by atoms with van der Waals surface area (Å²) in [6.07, 6.45) is 3.19. The van der Waals surface area contributed by atoms with Crippen LogP contribution in [-0.4, -0.2) is 54.6 Å². The fourth-order valence-corrected chi connectivity index (χ4v) is 4.93. The maximum Gasteiger partial charge on any atom is 0.335 e. The predicted molar refractivity (Wildman–Crippen MR) is 98.5 cm³/mol. The molecule has 1 unspecified atom stereocenters. The Hall–Kier alpha value is -1.93. The maximum atomic E-state index is 12.4. The summed E-state index contributed by atoms with van der Waals surface area (Å²) in [6, 6.07) is 5.86. The van der Waals surface area contributed by atoms with Crippen LogP contribution in [0.5, 0.6) is 0 Å². The molecule has 1 fully saturated rings. The van der Waals surface area contributed by atoms with Crippen molar-refractivity contribution in [3.05, 3.63) is 35.4 Å². The van der Waals surface area contributed by atoms with Gasteiger partial charge in [0.05, 0.1) is 11.3 Å². The number of sulfonamides is 1. The summed E-state index contributed by atoms with van der Waals surface area (Å²) < 4.78 is 26.1. The lowest BCUT2D eigenvalue weighted by Gasteiger charge is -2.23. The number of hydrogen-bond acceptors (Lipinski definition) is 4. The molecule has 0 bridgehead atoms. The highest BCUT2D eigenvalue weighted by Crippen LogP contribution is 2.22. The SMILES string of the molecule is CCCCS(=O)(=O)N1CCCC1C(=O)NCCc1ccc(C(=O)O)cc1. The lowest BCUT2D eigenvalue weighted by Crippen LogP contribution is -2.47. The summed E-state index contributed by atoms with van der Waals surface area (Å²) in [5.74, 6) is -1.15. The first kappa shape index (κ1) is 20.4. The fourth-order valence-electron chi connectivity index (χ4n) is 3.04. The van der Waals surface area contributed by atoms with E-state index in [4.69, 9.17) is 5.11 Å². The van der Waals surface area contributed by atoms with Gasteiger partial charge in [-0.2, -0.15) is 4.31 Å². The molecule has 8 heteroatoms. The zero-order valence-electron chi connectivity index (χ0n) is 15.0. The number of rotatable bonds is 9. The number of nitrogens with zero attached hydrogens (tertiary/aromatic N) is 1. The van der Waals surface area contributed by atoms with Crippen LogP contribution in [0.25, 0.3) is 0 Å². The zero-order valence-corrected chi connectivity index (χ0v) is 15.8. The summed E-state index contributed by atoms with van der Waals surface area (Å²) in [5.41, 5.74) is 1.13. The van der Waals surface area contributed by atoms with Gasteiger partial charge in [0, 0.05) is 13.1 Å². The van der Waals surface area contributed by atoms with Gasteiger partial charge in [0.1, 0.15) is 6.04 Å². The lowest BCUT2D eigenvalue weighted by molar-refractivity contribution is -0.124. The molecule has 144 valence electrons. The molecule has 1 aromatic carbocycles.